The molecular formula is C16H21F3N4O2. The van der Waals surface area contributed by atoms with Crippen LogP contribution in [0.1, 0.15) is 55.7 Å². The Morgan fingerprint density at radius 3 is 2.12 bits per heavy atom. The monoisotopic (exact) mass is 358 g/mol. The van der Waals surface area contributed by atoms with Gasteiger partial charge in [0.05, 0.1) is 6.04 Å². The molecule has 6 nitrogen and oxygen atoms in total. The molecule has 1 aliphatic carbocycles. The number of hydrogen-bond acceptors (Lipinski definition) is 5. The van der Waals surface area contributed by atoms with Crippen molar-refractivity contribution in [2.45, 2.75) is 56.2 Å². The Morgan fingerprint density at radius 2 is 1.56 bits per heavy atom. The van der Waals surface area contributed by atoms with Gasteiger partial charge in [0.25, 0.3) is 0 Å². The highest BCUT2D eigenvalue weighted by Crippen LogP contribution is 2.40. The van der Waals surface area contributed by atoms with Crippen LogP contribution in [0.25, 0.3) is 0 Å². The quantitative estimate of drug-likeness (QED) is 0.826. The van der Waals surface area contributed by atoms with Crippen molar-refractivity contribution in [1.82, 2.24) is 20.0 Å². The van der Waals surface area contributed by atoms with Crippen molar-refractivity contribution >= 4 is 5.91 Å². The molecule has 2 aliphatic heterocycles. The number of likely N-dealkylation sites (tertiary alicyclic amines) is 2. The number of amides is 1. The third-order valence-corrected chi connectivity index (χ3v) is 5.34. The lowest BCUT2D eigenvalue weighted by atomic mass is 9.95. The molecule has 1 aromatic heterocycles. The fourth-order valence-corrected chi connectivity index (χ4v) is 3.80. The van der Waals surface area contributed by atoms with Crippen LogP contribution in [0.15, 0.2) is 4.42 Å². The van der Waals surface area contributed by atoms with Crippen LogP contribution in [0.3, 0.4) is 0 Å². The summed E-state index contributed by atoms with van der Waals surface area (Å²) in [5.74, 6) is 1.60. The second-order valence-corrected chi connectivity index (χ2v) is 7.24. The number of halogens is 3. The van der Waals surface area contributed by atoms with E-state index in [-0.39, 0.29) is 12.5 Å². The van der Waals surface area contributed by atoms with Crippen molar-refractivity contribution in [3.63, 3.8) is 0 Å². The summed E-state index contributed by atoms with van der Waals surface area (Å²) in [4.78, 5) is 15.2. The summed E-state index contributed by atoms with van der Waals surface area (Å²) in [5, 5.41) is 8.26. The van der Waals surface area contributed by atoms with Gasteiger partial charge in [0.15, 0.2) is 0 Å². The van der Waals surface area contributed by atoms with Gasteiger partial charge < -0.3 is 9.32 Å². The van der Waals surface area contributed by atoms with Gasteiger partial charge >= 0.3 is 6.18 Å². The first-order chi connectivity index (χ1) is 11.9. The molecule has 3 fully saturated rings. The van der Waals surface area contributed by atoms with E-state index in [2.05, 4.69) is 10.2 Å². The van der Waals surface area contributed by atoms with Gasteiger partial charge in [-0.3, -0.25) is 9.69 Å². The second kappa shape index (κ2) is 6.26. The maximum absolute atomic E-state index is 12.5. The fourth-order valence-electron chi connectivity index (χ4n) is 3.80. The van der Waals surface area contributed by atoms with Crippen molar-refractivity contribution in [2.24, 2.45) is 0 Å². The van der Waals surface area contributed by atoms with E-state index in [9.17, 15) is 18.0 Å². The van der Waals surface area contributed by atoms with Gasteiger partial charge in [-0.1, -0.05) is 0 Å². The molecule has 0 N–H and O–H groups in total. The molecule has 1 unspecified atom stereocenters. The summed E-state index contributed by atoms with van der Waals surface area (Å²) in [5.41, 5.74) is 0. The second-order valence-electron chi connectivity index (χ2n) is 7.24. The average molecular weight is 358 g/mol. The molecule has 4 rings (SSSR count). The largest absolute Gasteiger partial charge is 0.425 e. The van der Waals surface area contributed by atoms with Crippen molar-refractivity contribution in [2.75, 3.05) is 26.2 Å². The molecule has 1 amide bonds. The first kappa shape index (κ1) is 16.8. The van der Waals surface area contributed by atoms with Gasteiger partial charge in [0.2, 0.25) is 17.7 Å². The number of carbonyl (C=O) groups is 1. The van der Waals surface area contributed by atoms with Crippen LogP contribution in [0.2, 0.25) is 0 Å². The molecule has 2 saturated heterocycles. The van der Waals surface area contributed by atoms with Crippen LogP contribution in [0.5, 0.6) is 0 Å². The summed E-state index contributed by atoms with van der Waals surface area (Å²) >= 11 is 0. The number of hydrogen-bond donors (Lipinski definition) is 0. The molecule has 3 aliphatic rings. The lowest BCUT2D eigenvalue weighted by Gasteiger charge is -2.34. The zero-order chi connectivity index (χ0) is 17.6. The number of nitrogens with zero attached hydrogens (tertiary/aromatic N) is 4. The summed E-state index contributed by atoms with van der Waals surface area (Å²) in [7, 11) is 0. The lowest BCUT2D eigenvalue weighted by molar-refractivity contribution is -0.159. The van der Waals surface area contributed by atoms with Gasteiger partial charge in [0, 0.05) is 18.4 Å². The van der Waals surface area contributed by atoms with Crippen LogP contribution in [0.4, 0.5) is 13.2 Å². The molecule has 1 atom stereocenters. The van der Waals surface area contributed by atoms with E-state index in [1.807, 2.05) is 4.90 Å². The topological polar surface area (TPSA) is 62.5 Å². The predicted octanol–water partition coefficient (Wildman–Crippen LogP) is 2.29. The SMILES string of the molecule is O=C1C(N2CCC(c3nnc(C4CC4)o3)CC2)CCN1CC(F)(F)F. The normalized spacial score (nSPS) is 26.6. The first-order valence-corrected chi connectivity index (χ1v) is 8.83. The van der Waals surface area contributed by atoms with Crippen LogP contribution >= 0.6 is 0 Å². The van der Waals surface area contributed by atoms with Crippen molar-refractivity contribution in [3.8, 4) is 0 Å². The minimum atomic E-state index is -4.34. The smallest absolute Gasteiger partial charge is 0.406 e. The number of piperidine rings is 1. The highest BCUT2D eigenvalue weighted by Gasteiger charge is 2.42. The molecule has 0 bridgehead atoms. The van der Waals surface area contributed by atoms with Gasteiger partial charge in [-0.25, -0.2) is 0 Å². The third kappa shape index (κ3) is 3.65. The Morgan fingerprint density at radius 1 is 0.960 bits per heavy atom. The minimum absolute atomic E-state index is 0.178. The number of carbonyl (C=O) groups excluding carboxylic acids is 1. The maximum atomic E-state index is 12.5. The van der Waals surface area contributed by atoms with Crippen LogP contribution < -0.4 is 0 Å². The number of rotatable bonds is 4. The Labute approximate surface area is 143 Å². The minimum Gasteiger partial charge on any atom is -0.425 e. The Kier molecular flexibility index (Phi) is 4.21. The summed E-state index contributed by atoms with van der Waals surface area (Å²) in [6.07, 6.45) is -0.0813. The highest BCUT2D eigenvalue weighted by atomic mass is 19.4. The van der Waals surface area contributed by atoms with Crippen LogP contribution in [-0.4, -0.2) is 64.3 Å². The summed E-state index contributed by atoms with van der Waals surface area (Å²) < 4.78 is 43.3. The van der Waals surface area contributed by atoms with E-state index in [1.54, 1.807) is 0 Å². The van der Waals surface area contributed by atoms with E-state index in [4.69, 9.17) is 4.42 Å². The van der Waals surface area contributed by atoms with Crippen LogP contribution in [-0.2, 0) is 4.79 Å². The van der Waals surface area contributed by atoms with E-state index in [0.29, 0.717) is 31.3 Å². The Balaban J connectivity index is 1.31. The molecular weight excluding hydrogens is 337 g/mol. The molecule has 0 spiro atoms. The van der Waals surface area contributed by atoms with Gasteiger partial charge in [-0.05, 0) is 45.2 Å². The molecule has 1 aromatic rings. The molecule has 0 radical (unpaired) electrons. The molecule has 25 heavy (non-hydrogen) atoms. The molecule has 138 valence electrons. The van der Waals surface area contributed by atoms with Crippen LogP contribution in [0, 0.1) is 0 Å². The average Bonchev–Trinajstić information content (AvgIpc) is 3.20. The zero-order valence-electron chi connectivity index (χ0n) is 13.8. The van der Waals surface area contributed by atoms with E-state index < -0.39 is 24.7 Å². The van der Waals surface area contributed by atoms with E-state index >= 15 is 0 Å². The maximum Gasteiger partial charge on any atom is 0.406 e. The number of aromatic nitrogens is 2. The molecule has 3 heterocycles. The first-order valence-electron chi connectivity index (χ1n) is 8.83. The Hall–Kier alpha value is -1.64. The molecule has 1 saturated carbocycles. The van der Waals surface area contributed by atoms with Crippen molar-refractivity contribution in [3.05, 3.63) is 11.8 Å². The predicted molar refractivity (Wildman–Crippen MR) is 80.9 cm³/mol. The molecule has 9 heteroatoms. The Bertz CT molecular complexity index is 636. The lowest BCUT2D eigenvalue weighted by Crippen LogP contribution is -2.46. The van der Waals surface area contributed by atoms with E-state index in [0.717, 1.165) is 36.5 Å². The van der Waals surface area contributed by atoms with Crippen molar-refractivity contribution in [1.29, 1.82) is 0 Å². The van der Waals surface area contributed by atoms with Gasteiger partial charge in [-0.15, -0.1) is 10.2 Å². The van der Waals surface area contributed by atoms with E-state index in [1.165, 1.54) is 0 Å². The summed E-state index contributed by atoms with van der Waals surface area (Å²) in [6, 6.07) is -0.423. The number of alkyl halides is 3. The van der Waals surface area contributed by atoms with Gasteiger partial charge in [0.1, 0.15) is 6.54 Å². The fraction of sp³-hybridized carbons (Fsp3) is 0.812. The standard InChI is InChI=1S/C16H21F3N4O2/c17-16(18,19)9-23-8-5-12(15(23)24)22-6-3-11(4-7-22)14-21-20-13(25-14)10-1-2-10/h10-12H,1-9H2. The molecule has 0 aromatic carbocycles. The third-order valence-electron chi connectivity index (χ3n) is 5.34. The van der Waals surface area contributed by atoms with Gasteiger partial charge in [-0.2, -0.15) is 13.2 Å². The summed E-state index contributed by atoms with van der Waals surface area (Å²) in [6.45, 7) is 0.367. The highest BCUT2D eigenvalue weighted by molar-refractivity contribution is 5.84. The zero-order valence-corrected chi connectivity index (χ0v) is 13.8. The van der Waals surface area contributed by atoms with Crippen molar-refractivity contribution < 1.29 is 22.4 Å².